The van der Waals surface area contributed by atoms with Gasteiger partial charge >= 0.3 is 0 Å². The Morgan fingerprint density at radius 3 is 2.64 bits per heavy atom. The molecular weight excluding hydrogens is 420 g/mol. The van der Waals surface area contributed by atoms with Gasteiger partial charge in [-0.15, -0.1) is 0 Å². The molecule has 0 saturated carbocycles. The van der Waals surface area contributed by atoms with Crippen molar-refractivity contribution >= 4 is 17.3 Å². The van der Waals surface area contributed by atoms with Crippen LogP contribution in [0.1, 0.15) is 30.9 Å². The Morgan fingerprint density at radius 2 is 1.88 bits per heavy atom. The van der Waals surface area contributed by atoms with Gasteiger partial charge in [-0.1, -0.05) is 36.4 Å². The molecule has 1 atom stereocenters. The molecule has 2 heterocycles. The van der Waals surface area contributed by atoms with Crippen molar-refractivity contribution in [3.05, 3.63) is 69.8 Å². The molecule has 0 spiro atoms. The first-order chi connectivity index (χ1) is 16.0. The smallest absolute Gasteiger partial charge is 0.292 e. The summed E-state index contributed by atoms with van der Waals surface area (Å²) in [5, 5.41) is 14.4. The summed E-state index contributed by atoms with van der Waals surface area (Å²) >= 11 is 0. The van der Waals surface area contributed by atoms with Crippen LogP contribution in [0, 0.1) is 16.0 Å². The van der Waals surface area contributed by atoms with E-state index in [0.29, 0.717) is 38.2 Å². The van der Waals surface area contributed by atoms with Gasteiger partial charge in [0.1, 0.15) is 5.69 Å². The van der Waals surface area contributed by atoms with Crippen LogP contribution in [0.5, 0.6) is 0 Å². The molecule has 33 heavy (non-hydrogen) atoms. The number of nitrogens with one attached hydrogen (secondary N) is 1. The number of piperidine rings is 1. The number of carbonyl (C=O) groups excluding carboxylic acids is 1. The third-order valence-corrected chi connectivity index (χ3v) is 6.47. The summed E-state index contributed by atoms with van der Waals surface area (Å²) in [6.07, 6.45) is 1.64. The van der Waals surface area contributed by atoms with E-state index >= 15 is 0 Å². The zero-order chi connectivity index (χ0) is 23.2. The molecule has 176 valence electrons. The second-order valence-electron chi connectivity index (χ2n) is 8.96. The lowest BCUT2D eigenvalue weighted by atomic mass is 9.95. The number of anilines is 1. The van der Waals surface area contributed by atoms with Crippen molar-refractivity contribution in [1.29, 1.82) is 0 Å². The molecule has 4 rings (SSSR count). The molecule has 8 heteroatoms. The maximum absolute atomic E-state index is 12.8. The van der Waals surface area contributed by atoms with Crippen molar-refractivity contribution in [3.8, 4) is 0 Å². The number of hydrogen-bond donors (Lipinski definition) is 1. The molecule has 2 aliphatic heterocycles. The number of nitro benzene ring substituents is 1. The monoisotopic (exact) mass is 452 g/mol. The molecular formula is C25H32N4O4. The maximum atomic E-state index is 12.8. The van der Waals surface area contributed by atoms with Crippen LogP contribution in [-0.2, 0) is 22.6 Å². The number of ether oxygens (including phenoxy) is 1. The van der Waals surface area contributed by atoms with E-state index in [9.17, 15) is 14.9 Å². The van der Waals surface area contributed by atoms with Gasteiger partial charge in [0.25, 0.3) is 5.69 Å². The van der Waals surface area contributed by atoms with Crippen molar-refractivity contribution in [2.45, 2.75) is 39.0 Å². The molecule has 2 aromatic carbocycles. The minimum absolute atomic E-state index is 0.0598. The van der Waals surface area contributed by atoms with Gasteiger partial charge < -0.3 is 15.0 Å². The van der Waals surface area contributed by atoms with Crippen LogP contribution in [0.4, 0.5) is 11.4 Å². The molecule has 8 nitrogen and oxygen atoms in total. The van der Waals surface area contributed by atoms with E-state index in [1.165, 1.54) is 11.6 Å². The predicted octanol–water partition coefficient (Wildman–Crippen LogP) is 3.35. The maximum Gasteiger partial charge on any atom is 0.292 e. The van der Waals surface area contributed by atoms with Gasteiger partial charge in [0.2, 0.25) is 5.91 Å². The Morgan fingerprint density at radius 1 is 1.12 bits per heavy atom. The fraction of sp³-hybridized carbons (Fsp3) is 0.480. The molecule has 1 unspecified atom stereocenters. The summed E-state index contributed by atoms with van der Waals surface area (Å²) in [6.45, 7) is 7.42. The zero-order valence-electron chi connectivity index (χ0n) is 19.1. The number of para-hydroxylation sites is 2. The van der Waals surface area contributed by atoms with Gasteiger partial charge in [-0.25, -0.2) is 0 Å². The summed E-state index contributed by atoms with van der Waals surface area (Å²) in [7, 11) is 0. The van der Waals surface area contributed by atoms with Gasteiger partial charge in [-0.3, -0.25) is 19.8 Å². The van der Waals surface area contributed by atoms with E-state index < -0.39 is 0 Å². The molecule has 2 fully saturated rings. The number of nitrogens with zero attached hydrogens (tertiary/aromatic N) is 3. The van der Waals surface area contributed by atoms with Gasteiger partial charge in [0.05, 0.1) is 17.6 Å². The van der Waals surface area contributed by atoms with E-state index in [4.69, 9.17) is 4.74 Å². The minimum Gasteiger partial charge on any atom is -0.376 e. The average Bonchev–Trinajstić information content (AvgIpc) is 2.83. The topological polar surface area (TPSA) is 88.0 Å². The highest BCUT2D eigenvalue weighted by molar-refractivity contribution is 5.79. The molecule has 2 aliphatic rings. The Balaban J connectivity index is 1.27. The number of carbonyl (C=O) groups is 1. The molecule has 1 N–H and O–H groups in total. The summed E-state index contributed by atoms with van der Waals surface area (Å²) in [5.41, 5.74) is 3.09. The normalized spacial score (nSPS) is 19.9. The lowest BCUT2D eigenvalue weighted by Gasteiger charge is -2.32. The van der Waals surface area contributed by atoms with Crippen LogP contribution >= 0.6 is 0 Å². The molecule has 0 aliphatic carbocycles. The van der Waals surface area contributed by atoms with Gasteiger partial charge in [0, 0.05) is 51.3 Å². The minimum atomic E-state index is -0.345. The molecule has 0 aromatic heterocycles. The molecule has 2 saturated heterocycles. The van der Waals surface area contributed by atoms with Crippen LogP contribution in [0.15, 0.2) is 48.5 Å². The van der Waals surface area contributed by atoms with E-state index in [0.717, 1.165) is 31.8 Å². The van der Waals surface area contributed by atoms with E-state index in [-0.39, 0.29) is 28.5 Å². The van der Waals surface area contributed by atoms with E-state index in [1.807, 2.05) is 23.1 Å². The first-order valence-electron chi connectivity index (χ1n) is 11.7. The highest BCUT2D eigenvalue weighted by Gasteiger charge is 2.28. The van der Waals surface area contributed by atoms with E-state index in [2.05, 4.69) is 29.3 Å². The standard InChI is InChI=1S/C25H32N4O4/c1-19-17-27(13-14-33-19)18-21-6-4-5-20(15-21)16-26-25(30)22-9-11-28(12-10-22)23-7-2-3-8-24(23)29(31)32/h2-8,15,19,22H,9-14,16-18H2,1H3,(H,26,30). The summed E-state index contributed by atoms with van der Waals surface area (Å²) in [5.74, 6) is -0.00772. The first-order valence-corrected chi connectivity index (χ1v) is 11.7. The van der Waals surface area contributed by atoms with Crippen LogP contribution < -0.4 is 10.2 Å². The van der Waals surface area contributed by atoms with Crippen molar-refractivity contribution in [1.82, 2.24) is 10.2 Å². The number of morpholine rings is 1. The molecule has 1 amide bonds. The third-order valence-electron chi connectivity index (χ3n) is 6.47. The quantitative estimate of drug-likeness (QED) is 0.512. The molecule has 2 aromatic rings. The van der Waals surface area contributed by atoms with Crippen molar-refractivity contribution in [2.75, 3.05) is 37.7 Å². The summed E-state index contributed by atoms with van der Waals surface area (Å²) in [6, 6.07) is 15.2. The highest BCUT2D eigenvalue weighted by atomic mass is 16.6. The SMILES string of the molecule is CC1CN(Cc2cccc(CNC(=O)C3CCN(c4ccccc4[N+](=O)[O-])CC3)c2)CCO1. The van der Waals surface area contributed by atoms with Crippen molar-refractivity contribution in [2.24, 2.45) is 5.92 Å². The number of hydrogen-bond acceptors (Lipinski definition) is 6. The number of amides is 1. The van der Waals surface area contributed by atoms with Gasteiger partial charge in [-0.05, 0) is 37.0 Å². The first kappa shape index (κ1) is 23.2. The number of benzene rings is 2. The Bertz CT molecular complexity index is 974. The summed E-state index contributed by atoms with van der Waals surface area (Å²) in [4.78, 5) is 28.1. The van der Waals surface area contributed by atoms with Crippen LogP contribution in [0.3, 0.4) is 0 Å². The highest BCUT2D eigenvalue weighted by Crippen LogP contribution is 2.31. The van der Waals surface area contributed by atoms with Gasteiger partial charge in [-0.2, -0.15) is 0 Å². The lowest BCUT2D eigenvalue weighted by molar-refractivity contribution is -0.384. The number of nitro groups is 1. The van der Waals surface area contributed by atoms with Crippen LogP contribution in [-0.4, -0.2) is 54.6 Å². The largest absolute Gasteiger partial charge is 0.376 e. The number of rotatable bonds is 7. The van der Waals surface area contributed by atoms with Crippen molar-refractivity contribution < 1.29 is 14.5 Å². The Hall–Kier alpha value is -2.97. The van der Waals surface area contributed by atoms with Crippen LogP contribution in [0.25, 0.3) is 0 Å². The Kier molecular flexibility index (Phi) is 7.57. The third kappa shape index (κ3) is 6.09. The molecule has 0 radical (unpaired) electrons. The second-order valence-corrected chi connectivity index (χ2v) is 8.96. The predicted molar refractivity (Wildman–Crippen MR) is 127 cm³/mol. The summed E-state index contributed by atoms with van der Waals surface area (Å²) < 4.78 is 5.62. The molecule has 0 bridgehead atoms. The van der Waals surface area contributed by atoms with E-state index in [1.54, 1.807) is 12.1 Å². The van der Waals surface area contributed by atoms with Crippen molar-refractivity contribution in [3.63, 3.8) is 0 Å². The van der Waals surface area contributed by atoms with Crippen LogP contribution in [0.2, 0.25) is 0 Å². The fourth-order valence-electron chi connectivity index (χ4n) is 4.73. The zero-order valence-corrected chi connectivity index (χ0v) is 19.1. The second kappa shape index (κ2) is 10.8. The Labute approximate surface area is 194 Å². The lowest BCUT2D eigenvalue weighted by Crippen LogP contribution is -2.40. The fourth-order valence-corrected chi connectivity index (χ4v) is 4.73. The average molecular weight is 453 g/mol. The van der Waals surface area contributed by atoms with Gasteiger partial charge in [0.15, 0.2) is 0 Å².